The fourth-order valence-electron chi connectivity index (χ4n) is 3.21. The van der Waals surface area contributed by atoms with Crippen LogP contribution >= 0.6 is 22.9 Å². The number of methoxy groups -OCH3 is 1. The predicted octanol–water partition coefficient (Wildman–Crippen LogP) is 4.13. The summed E-state index contributed by atoms with van der Waals surface area (Å²) < 4.78 is 46.7. The number of carbonyl (C=O) groups excluding carboxylic acids is 1. The standard InChI is InChI=1S/C20H20ClF3N4O2S/c1-28-17(15(21)10-26-28)13-8-16(31-19(13)30-2)18(29)27-12(9-25)7-11-5-3-4-6-14(11)20(22,23)24/h3-6,8,10,12H,7,9,25H2,1-2H3,(H,27,29). The van der Waals surface area contributed by atoms with Crippen molar-refractivity contribution < 1.29 is 22.7 Å². The Bertz CT molecular complexity index is 1060. The van der Waals surface area contributed by atoms with Crippen LogP contribution in [0.25, 0.3) is 11.3 Å². The van der Waals surface area contributed by atoms with E-state index in [0.717, 1.165) is 17.4 Å². The van der Waals surface area contributed by atoms with E-state index >= 15 is 0 Å². The topological polar surface area (TPSA) is 82.2 Å². The molecular weight excluding hydrogens is 453 g/mol. The number of hydrogen-bond donors (Lipinski definition) is 2. The van der Waals surface area contributed by atoms with Gasteiger partial charge in [0.25, 0.3) is 5.91 Å². The molecule has 0 aliphatic heterocycles. The third-order valence-electron chi connectivity index (χ3n) is 4.67. The van der Waals surface area contributed by atoms with E-state index in [1.807, 2.05) is 0 Å². The highest BCUT2D eigenvalue weighted by molar-refractivity contribution is 7.16. The number of nitrogens with two attached hydrogens (primary N) is 1. The zero-order valence-electron chi connectivity index (χ0n) is 16.7. The average molecular weight is 473 g/mol. The lowest BCUT2D eigenvalue weighted by Gasteiger charge is -2.19. The van der Waals surface area contributed by atoms with Gasteiger partial charge < -0.3 is 15.8 Å². The lowest BCUT2D eigenvalue weighted by atomic mass is 9.99. The average Bonchev–Trinajstić information content (AvgIpc) is 3.29. The second kappa shape index (κ2) is 9.29. The highest BCUT2D eigenvalue weighted by Gasteiger charge is 2.33. The first kappa shape index (κ1) is 23.1. The summed E-state index contributed by atoms with van der Waals surface area (Å²) in [4.78, 5) is 13.1. The Labute approximate surface area is 185 Å². The van der Waals surface area contributed by atoms with Crippen LogP contribution in [0.4, 0.5) is 13.2 Å². The van der Waals surface area contributed by atoms with E-state index in [9.17, 15) is 18.0 Å². The molecule has 166 valence electrons. The van der Waals surface area contributed by atoms with Crippen molar-refractivity contribution in [3.63, 3.8) is 0 Å². The Kier molecular flexibility index (Phi) is 6.93. The van der Waals surface area contributed by atoms with Crippen molar-refractivity contribution in [1.29, 1.82) is 0 Å². The summed E-state index contributed by atoms with van der Waals surface area (Å²) in [6, 6.07) is 6.17. The van der Waals surface area contributed by atoms with Crippen molar-refractivity contribution in [1.82, 2.24) is 15.1 Å². The molecule has 0 fully saturated rings. The number of nitrogens with zero attached hydrogens (tertiary/aromatic N) is 2. The lowest BCUT2D eigenvalue weighted by molar-refractivity contribution is -0.138. The molecule has 0 radical (unpaired) electrons. The van der Waals surface area contributed by atoms with Crippen molar-refractivity contribution in [2.75, 3.05) is 13.7 Å². The Balaban J connectivity index is 1.83. The second-order valence-electron chi connectivity index (χ2n) is 6.75. The molecule has 1 atom stereocenters. The minimum atomic E-state index is -4.49. The fourth-order valence-corrected chi connectivity index (χ4v) is 4.35. The Morgan fingerprint density at radius 1 is 1.39 bits per heavy atom. The predicted molar refractivity (Wildman–Crippen MR) is 114 cm³/mol. The molecule has 2 aromatic heterocycles. The highest BCUT2D eigenvalue weighted by atomic mass is 35.5. The van der Waals surface area contributed by atoms with Crippen molar-refractivity contribution in [2.24, 2.45) is 12.8 Å². The smallest absolute Gasteiger partial charge is 0.416 e. The summed E-state index contributed by atoms with van der Waals surface area (Å²) in [6.45, 7) is -0.0269. The van der Waals surface area contributed by atoms with Gasteiger partial charge in [-0.05, 0) is 24.1 Å². The highest BCUT2D eigenvalue weighted by Crippen LogP contribution is 2.41. The summed E-state index contributed by atoms with van der Waals surface area (Å²) in [5, 5.41) is 7.66. The SMILES string of the molecule is COc1sc(C(=O)NC(CN)Cc2ccccc2C(F)(F)F)cc1-c1c(Cl)cnn1C. The number of halogens is 4. The Morgan fingerprint density at radius 2 is 2.10 bits per heavy atom. The van der Waals surface area contributed by atoms with E-state index < -0.39 is 23.7 Å². The molecule has 0 aliphatic carbocycles. The number of aromatic nitrogens is 2. The zero-order chi connectivity index (χ0) is 22.8. The maximum absolute atomic E-state index is 13.3. The summed E-state index contributed by atoms with van der Waals surface area (Å²) in [5.74, 6) is -0.465. The van der Waals surface area contributed by atoms with Gasteiger partial charge in [0.15, 0.2) is 5.06 Å². The van der Waals surface area contributed by atoms with Gasteiger partial charge in [0.05, 0.1) is 40.0 Å². The van der Waals surface area contributed by atoms with Gasteiger partial charge in [-0.15, -0.1) is 0 Å². The van der Waals surface area contributed by atoms with Gasteiger partial charge in [0.2, 0.25) is 0 Å². The van der Waals surface area contributed by atoms with Gasteiger partial charge in [0, 0.05) is 19.6 Å². The summed E-state index contributed by atoms with van der Waals surface area (Å²) >= 11 is 7.30. The number of aryl methyl sites for hydroxylation is 1. The molecule has 1 aromatic carbocycles. The summed E-state index contributed by atoms with van der Waals surface area (Å²) in [6.07, 6.45) is -3.06. The number of alkyl halides is 3. The first-order valence-electron chi connectivity index (χ1n) is 9.17. The molecule has 11 heteroatoms. The Hall–Kier alpha value is -2.56. The number of thiophene rings is 1. The van der Waals surface area contributed by atoms with Gasteiger partial charge in [-0.2, -0.15) is 18.3 Å². The molecule has 2 heterocycles. The maximum Gasteiger partial charge on any atom is 0.416 e. The van der Waals surface area contributed by atoms with Gasteiger partial charge in [-0.1, -0.05) is 41.1 Å². The van der Waals surface area contributed by atoms with Crippen molar-refractivity contribution in [3.8, 4) is 16.3 Å². The van der Waals surface area contributed by atoms with Crippen molar-refractivity contribution in [3.05, 3.63) is 57.6 Å². The van der Waals surface area contributed by atoms with E-state index in [-0.39, 0.29) is 18.5 Å². The zero-order valence-corrected chi connectivity index (χ0v) is 18.2. The first-order valence-corrected chi connectivity index (χ1v) is 10.4. The molecule has 0 saturated heterocycles. The summed E-state index contributed by atoms with van der Waals surface area (Å²) in [7, 11) is 3.18. The van der Waals surface area contributed by atoms with Crippen LogP contribution in [0.5, 0.6) is 5.06 Å². The van der Waals surface area contributed by atoms with Crippen LogP contribution in [0.3, 0.4) is 0 Å². The third kappa shape index (κ3) is 5.03. The number of benzene rings is 1. The number of ether oxygens (including phenoxy) is 1. The van der Waals surface area contributed by atoms with E-state index in [0.29, 0.717) is 26.2 Å². The number of nitrogens with one attached hydrogen (secondary N) is 1. The number of carbonyl (C=O) groups is 1. The second-order valence-corrected chi connectivity index (χ2v) is 8.17. The molecule has 6 nitrogen and oxygen atoms in total. The quantitative estimate of drug-likeness (QED) is 0.541. The Morgan fingerprint density at radius 3 is 2.68 bits per heavy atom. The van der Waals surface area contributed by atoms with Gasteiger partial charge in [-0.25, -0.2) is 0 Å². The normalized spacial score (nSPS) is 12.6. The van der Waals surface area contributed by atoms with E-state index in [4.69, 9.17) is 22.1 Å². The monoisotopic (exact) mass is 472 g/mol. The molecule has 3 aromatic rings. The van der Waals surface area contributed by atoms with Gasteiger partial charge >= 0.3 is 6.18 Å². The molecule has 0 saturated carbocycles. The van der Waals surface area contributed by atoms with Crippen LogP contribution in [0.2, 0.25) is 5.02 Å². The minimum Gasteiger partial charge on any atom is -0.487 e. The maximum atomic E-state index is 13.3. The van der Waals surface area contributed by atoms with E-state index in [2.05, 4.69) is 10.4 Å². The van der Waals surface area contributed by atoms with Crippen LogP contribution in [-0.2, 0) is 19.6 Å². The number of hydrogen-bond acceptors (Lipinski definition) is 5. The molecule has 0 spiro atoms. The molecule has 0 bridgehead atoms. The first-order chi connectivity index (χ1) is 14.7. The van der Waals surface area contributed by atoms with Crippen LogP contribution in [-0.4, -0.2) is 35.4 Å². The van der Waals surface area contributed by atoms with E-state index in [1.54, 1.807) is 17.8 Å². The molecule has 0 aliphatic rings. The van der Waals surface area contributed by atoms with Crippen LogP contribution in [0.15, 0.2) is 36.5 Å². The van der Waals surface area contributed by atoms with E-state index in [1.165, 1.54) is 31.5 Å². The lowest BCUT2D eigenvalue weighted by Crippen LogP contribution is -2.41. The summed E-state index contributed by atoms with van der Waals surface area (Å²) in [5.41, 5.74) is 6.24. The molecule has 3 N–H and O–H groups in total. The van der Waals surface area contributed by atoms with Crippen LogP contribution in [0.1, 0.15) is 20.8 Å². The largest absolute Gasteiger partial charge is 0.487 e. The number of amides is 1. The molecule has 3 rings (SSSR count). The molecule has 1 amide bonds. The molecule has 31 heavy (non-hydrogen) atoms. The molecular formula is C20H20ClF3N4O2S. The van der Waals surface area contributed by atoms with Gasteiger partial charge in [0.1, 0.15) is 0 Å². The van der Waals surface area contributed by atoms with Crippen LogP contribution in [0, 0.1) is 0 Å². The third-order valence-corrected chi connectivity index (χ3v) is 6.04. The van der Waals surface area contributed by atoms with Crippen LogP contribution < -0.4 is 15.8 Å². The fraction of sp³-hybridized carbons (Fsp3) is 0.300. The van der Waals surface area contributed by atoms with Gasteiger partial charge in [-0.3, -0.25) is 9.48 Å². The van der Waals surface area contributed by atoms with Crippen molar-refractivity contribution >= 4 is 28.8 Å². The molecule has 1 unspecified atom stereocenters. The number of rotatable bonds is 7. The van der Waals surface area contributed by atoms with Crippen molar-refractivity contribution in [2.45, 2.75) is 18.6 Å². The minimum absolute atomic E-state index is 0.0269.